The predicted molar refractivity (Wildman–Crippen MR) is 118 cm³/mol. The Morgan fingerprint density at radius 2 is 2.00 bits per heavy atom. The lowest BCUT2D eigenvalue weighted by Crippen LogP contribution is -2.30. The normalized spacial score (nSPS) is 13.3. The van der Waals surface area contributed by atoms with Crippen LogP contribution in [0.5, 0.6) is 0 Å². The number of hydrogen-bond acceptors (Lipinski definition) is 8. The van der Waals surface area contributed by atoms with Crippen LogP contribution in [0.2, 0.25) is 0 Å². The monoisotopic (exact) mass is 446 g/mol. The summed E-state index contributed by atoms with van der Waals surface area (Å²) in [5.74, 6) is -0.418. The van der Waals surface area contributed by atoms with Crippen LogP contribution in [-0.2, 0) is 19.1 Å². The third-order valence-corrected chi connectivity index (χ3v) is 6.13. The molecule has 1 aromatic carbocycles. The zero-order chi connectivity index (χ0) is 21.5. The van der Waals surface area contributed by atoms with Gasteiger partial charge in [-0.3, -0.25) is 14.5 Å². The standard InChI is InChI=1S/C20H22N4O4S2/c1-3-28-18(27)11-6-14-4-7-15(8-5-14)21-17(26)12-29-20-23-22-19(30-20)24(13(2)25)16-9-10-16/h4-8,11,16H,3,9-10,12H2,1-2H3,(H,21,26)/b11-6+. The van der Waals surface area contributed by atoms with Crippen LogP contribution in [0.3, 0.4) is 0 Å². The Labute approximate surface area is 182 Å². The number of benzene rings is 1. The van der Waals surface area contributed by atoms with E-state index in [4.69, 9.17) is 4.74 Å². The van der Waals surface area contributed by atoms with E-state index in [9.17, 15) is 14.4 Å². The van der Waals surface area contributed by atoms with E-state index in [1.807, 2.05) is 0 Å². The number of esters is 1. The van der Waals surface area contributed by atoms with Crippen molar-refractivity contribution in [1.29, 1.82) is 0 Å². The molecule has 0 atom stereocenters. The zero-order valence-electron chi connectivity index (χ0n) is 16.7. The van der Waals surface area contributed by atoms with E-state index >= 15 is 0 Å². The summed E-state index contributed by atoms with van der Waals surface area (Å²) in [7, 11) is 0. The van der Waals surface area contributed by atoms with Crippen LogP contribution in [-0.4, -0.2) is 46.4 Å². The lowest BCUT2D eigenvalue weighted by atomic mass is 10.2. The molecular weight excluding hydrogens is 424 g/mol. The summed E-state index contributed by atoms with van der Waals surface area (Å²) in [6.07, 6.45) is 4.99. The molecule has 0 saturated heterocycles. The van der Waals surface area contributed by atoms with E-state index in [0.29, 0.717) is 21.8 Å². The first-order valence-corrected chi connectivity index (χ1v) is 11.3. The maximum atomic E-state index is 12.2. The summed E-state index contributed by atoms with van der Waals surface area (Å²) in [5, 5.41) is 11.6. The molecule has 0 spiro atoms. The number of carbonyl (C=O) groups is 3. The van der Waals surface area contributed by atoms with Crippen molar-refractivity contribution in [3.63, 3.8) is 0 Å². The first-order valence-electron chi connectivity index (χ1n) is 9.47. The zero-order valence-corrected chi connectivity index (χ0v) is 18.3. The van der Waals surface area contributed by atoms with E-state index in [-0.39, 0.29) is 23.6 Å². The van der Waals surface area contributed by atoms with Gasteiger partial charge in [-0.15, -0.1) is 10.2 Å². The van der Waals surface area contributed by atoms with Gasteiger partial charge < -0.3 is 10.1 Å². The van der Waals surface area contributed by atoms with Gasteiger partial charge in [0.25, 0.3) is 0 Å². The number of amides is 2. The lowest BCUT2D eigenvalue weighted by molar-refractivity contribution is -0.137. The highest BCUT2D eigenvalue weighted by molar-refractivity contribution is 8.01. The number of ether oxygens (including phenoxy) is 1. The summed E-state index contributed by atoms with van der Waals surface area (Å²) < 4.78 is 5.48. The number of anilines is 2. The highest BCUT2D eigenvalue weighted by atomic mass is 32.2. The van der Waals surface area contributed by atoms with Crippen molar-refractivity contribution in [3.8, 4) is 0 Å². The quantitative estimate of drug-likeness (QED) is 0.273. The molecule has 1 N–H and O–H groups in total. The van der Waals surface area contributed by atoms with Crippen molar-refractivity contribution in [1.82, 2.24) is 10.2 Å². The fraction of sp³-hybridized carbons (Fsp3) is 0.350. The molecule has 0 aliphatic heterocycles. The van der Waals surface area contributed by atoms with Crippen molar-refractivity contribution < 1.29 is 19.1 Å². The molecule has 0 radical (unpaired) electrons. The Morgan fingerprint density at radius 3 is 2.63 bits per heavy atom. The van der Waals surface area contributed by atoms with Crippen molar-refractivity contribution in [3.05, 3.63) is 35.9 Å². The van der Waals surface area contributed by atoms with Gasteiger partial charge in [-0.25, -0.2) is 4.79 Å². The van der Waals surface area contributed by atoms with Gasteiger partial charge in [0.15, 0.2) is 4.34 Å². The minimum atomic E-state index is -0.393. The first-order chi connectivity index (χ1) is 14.5. The minimum absolute atomic E-state index is 0.0384. The Hall–Kier alpha value is -2.72. The molecule has 3 rings (SSSR count). The molecule has 0 bridgehead atoms. The average Bonchev–Trinajstić information content (AvgIpc) is 3.43. The van der Waals surface area contributed by atoms with Gasteiger partial charge in [-0.1, -0.05) is 35.2 Å². The molecule has 1 aliphatic carbocycles. The van der Waals surface area contributed by atoms with E-state index in [1.54, 1.807) is 42.2 Å². The number of nitrogens with one attached hydrogen (secondary N) is 1. The Morgan fingerprint density at radius 1 is 1.27 bits per heavy atom. The van der Waals surface area contributed by atoms with Crippen LogP contribution in [0.15, 0.2) is 34.7 Å². The summed E-state index contributed by atoms with van der Waals surface area (Å²) >= 11 is 2.60. The Kier molecular flexibility index (Phi) is 7.58. The number of rotatable bonds is 9. The van der Waals surface area contributed by atoms with Gasteiger partial charge in [-0.2, -0.15) is 0 Å². The highest BCUT2D eigenvalue weighted by Gasteiger charge is 2.34. The van der Waals surface area contributed by atoms with E-state index in [0.717, 1.165) is 18.4 Å². The molecule has 1 aliphatic rings. The van der Waals surface area contributed by atoms with Crippen LogP contribution in [0.4, 0.5) is 10.8 Å². The SMILES string of the molecule is CCOC(=O)/C=C/c1ccc(NC(=O)CSc2nnc(N(C(C)=O)C3CC3)s2)cc1. The van der Waals surface area contributed by atoms with Crippen molar-refractivity contribution in [2.45, 2.75) is 37.1 Å². The molecule has 1 fully saturated rings. The third kappa shape index (κ3) is 6.39. The molecular formula is C20H22N4O4S2. The van der Waals surface area contributed by atoms with Crippen LogP contribution in [0.25, 0.3) is 6.08 Å². The second-order valence-corrected chi connectivity index (χ2v) is 8.69. The summed E-state index contributed by atoms with van der Waals surface area (Å²) in [6, 6.07) is 7.34. The third-order valence-electron chi connectivity index (χ3n) is 4.07. The van der Waals surface area contributed by atoms with Gasteiger partial charge >= 0.3 is 5.97 Å². The first kappa shape index (κ1) is 22.0. The van der Waals surface area contributed by atoms with E-state index in [2.05, 4.69) is 15.5 Å². The number of nitrogens with zero attached hydrogens (tertiary/aromatic N) is 3. The topological polar surface area (TPSA) is 101 Å². The second kappa shape index (κ2) is 10.4. The lowest BCUT2D eigenvalue weighted by Gasteiger charge is -2.15. The van der Waals surface area contributed by atoms with Gasteiger partial charge in [0, 0.05) is 24.7 Å². The number of aromatic nitrogens is 2. The van der Waals surface area contributed by atoms with Crippen LogP contribution >= 0.6 is 23.1 Å². The molecule has 1 saturated carbocycles. The minimum Gasteiger partial charge on any atom is -0.463 e. The summed E-state index contributed by atoms with van der Waals surface area (Å²) in [6.45, 7) is 3.61. The van der Waals surface area contributed by atoms with E-state index < -0.39 is 5.97 Å². The molecule has 8 nitrogen and oxygen atoms in total. The molecule has 30 heavy (non-hydrogen) atoms. The second-order valence-electron chi connectivity index (χ2n) is 6.51. The van der Waals surface area contributed by atoms with Crippen LogP contribution < -0.4 is 10.2 Å². The van der Waals surface area contributed by atoms with Crippen molar-refractivity contribution in [2.75, 3.05) is 22.6 Å². The van der Waals surface area contributed by atoms with Crippen LogP contribution in [0, 0.1) is 0 Å². The Bertz CT molecular complexity index is 939. The fourth-order valence-corrected chi connectivity index (χ4v) is 4.35. The largest absolute Gasteiger partial charge is 0.463 e. The number of carbonyl (C=O) groups excluding carboxylic acids is 3. The van der Waals surface area contributed by atoms with Crippen molar-refractivity contribution in [2.24, 2.45) is 0 Å². The van der Waals surface area contributed by atoms with Gasteiger partial charge in [0.2, 0.25) is 16.9 Å². The fourth-order valence-electron chi connectivity index (χ4n) is 2.60. The Balaban J connectivity index is 1.48. The summed E-state index contributed by atoms with van der Waals surface area (Å²) in [5.41, 5.74) is 1.48. The number of hydrogen-bond donors (Lipinski definition) is 1. The molecule has 2 amide bonds. The van der Waals surface area contributed by atoms with Gasteiger partial charge in [-0.05, 0) is 43.5 Å². The number of thioether (sulfide) groups is 1. The van der Waals surface area contributed by atoms with Gasteiger partial charge in [0.1, 0.15) is 0 Å². The predicted octanol–water partition coefficient (Wildman–Crippen LogP) is 3.36. The van der Waals surface area contributed by atoms with Crippen LogP contribution in [0.1, 0.15) is 32.3 Å². The molecule has 2 aromatic rings. The molecule has 158 valence electrons. The maximum Gasteiger partial charge on any atom is 0.330 e. The molecule has 10 heteroatoms. The molecule has 1 heterocycles. The highest BCUT2D eigenvalue weighted by Crippen LogP contribution is 2.35. The van der Waals surface area contributed by atoms with Crippen molar-refractivity contribution >= 4 is 57.8 Å². The van der Waals surface area contributed by atoms with Gasteiger partial charge in [0.05, 0.1) is 12.4 Å². The molecule has 0 unspecified atom stereocenters. The molecule has 1 aromatic heterocycles. The summed E-state index contributed by atoms with van der Waals surface area (Å²) in [4.78, 5) is 37.0. The average molecular weight is 447 g/mol. The van der Waals surface area contributed by atoms with E-state index in [1.165, 1.54) is 36.1 Å². The maximum absolute atomic E-state index is 12.2. The smallest absolute Gasteiger partial charge is 0.330 e.